The summed E-state index contributed by atoms with van der Waals surface area (Å²) in [6.07, 6.45) is 2.73. The van der Waals surface area contributed by atoms with Gasteiger partial charge in [-0.15, -0.1) is 0 Å². The van der Waals surface area contributed by atoms with Crippen molar-refractivity contribution in [1.82, 2.24) is 9.80 Å². The molecule has 9 nitrogen and oxygen atoms in total. The zero-order valence-corrected chi connectivity index (χ0v) is 24.2. The number of rotatable bonds is 8. The number of piperidine rings is 1. The first-order valence-corrected chi connectivity index (χ1v) is 15.8. The third kappa shape index (κ3) is 5.60. The van der Waals surface area contributed by atoms with Crippen LogP contribution in [-0.4, -0.2) is 80.4 Å². The van der Waals surface area contributed by atoms with E-state index in [1.807, 2.05) is 11.8 Å². The molecule has 0 aromatic heterocycles. The van der Waals surface area contributed by atoms with Gasteiger partial charge in [0.05, 0.1) is 18.1 Å². The Morgan fingerprint density at radius 2 is 1.81 bits per heavy atom. The zero-order valence-electron chi connectivity index (χ0n) is 23.2. The van der Waals surface area contributed by atoms with Crippen molar-refractivity contribution in [2.75, 3.05) is 26.3 Å². The molecule has 3 aliphatic rings. The molecule has 3 aliphatic heterocycles. The molecular formula is C27H41N3O6Si. The molecule has 0 unspecified atom stereocenters. The SMILES string of the molecule is C=CCOC(=O)/N=C(/C)N1CC[C@H]2C(=C(C(=O)OCC=C)N3C(=O)[C@H]([C@@H](C)O[Si](C)(C)C(C)(C)C)[C@@H]23)C1. The number of hydrogen-bond donors (Lipinski definition) is 0. The Morgan fingerprint density at radius 3 is 2.41 bits per heavy atom. The Hall–Kier alpha value is -2.72. The minimum atomic E-state index is -2.10. The topological polar surface area (TPSA) is 97.7 Å². The molecule has 0 aliphatic carbocycles. The first-order chi connectivity index (χ1) is 17.2. The third-order valence-corrected chi connectivity index (χ3v) is 12.6. The average molecular weight is 532 g/mol. The number of likely N-dealkylation sites (tertiary alicyclic amines) is 1. The standard InChI is InChI=1S/C27H41N3O6Si/c1-10-14-34-25(32)23-20-16-29(18(4)28-26(33)35-15-11-2)13-12-19(20)22-21(24(31)30(22)23)17(3)36-37(8,9)27(5,6)7/h10-11,17,19,21-22H,1-2,12-16H2,3-9H3/b28-18-/t17-,19+,21-,22-/m1/s1. The van der Waals surface area contributed by atoms with Crippen molar-refractivity contribution in [2.24, 2.45) is 16.8 Å². The van der Waals surface area contributed by atoms with E-state index in [2.05, 4.69) is 52.0 Å². The van der Waals surface area contributed by atoms with E-state index in [0.29, 0.717) is 31.0 Å². The summed E-state index contributed by atoms with van der Waals surface area (Å²) in [7, 11) is -2.10. The summed E-state index contributed by atoms with van der Waals surface area (Å²) in [4.78, 5) is 46.2. The van der Waals surface area contributed by atoms with Gasteiger partial charge in [-0.1, -0.05) is 46.1 Å². The monoisotopic (exact) mass is 531 g/mol. The molecule has 0 aromatic rings. The fourth-order valence-corrected chi connectivity index (χ4v) is 6.57. The van der Waals surface area contributed by atoms with Crippen LogP contribution in [0, 0.1) is 11.8 Å². The van der Waals surface area contributed by atoms with Crippen LogP contribution >= 0.6 is 0 Å². The average Bonchev–Trinajstić information content (AvgIpc) is 3.09. The molecule has 4 atom stereocenters. The maximum absolute atomic E-state index is 13.5. The van der Waals surface area contributed by atoms with Gasteiger partial charge in [0.15, 0.2) is 8.32 Å². The molecule has 0 spiro atoms. The number of esters is 1. The van der Waals surface area contributed by atoms with E-state index in [1.165, 1.54) is 12.2 Å². The van der Waals surface area contributed by atoms with Crippen molar-refractivity contribution in [1.29, 1.82) is 0 Å². The molecule has 0 bridgehead atoms. The van der Waals surface area contributed by atoms with Crippen LogP contribution in [0.2, 0.25) is 18.1 Å². The van der Waals surface area contributed by atoms with Crippen LogP contribution in [-0.2, 0) is 23.5 Å². The smallest absolute Gasteiger partial charge is 0.435 e. The number of ether oxygens (including phenoxy) is 2. The van der Waals surface area contributed by atoms with Gasteiger partial charge < -0.3 is 23.7 Å². The summed E-state index contributed by atoms with van der Waals surface area (Å²) >= 11 is 0. The molecule has 204 valence electrons. The second kappa shape index (κ2) is 10.9. The first kappa shape index (κ1) is 28.8. The van der Waals surface area contributed by atoms with Gasteiger partial charge in [0.25, 0.3) is 0 Å². The van der Waals surface area contributed by atoms with E-state index < -0.39 is 20.4 Å². The van der Waals surface area contributed by atoms with Gasteiger partial charge in [0.1, 0.15) is 24.7 Å². The highest BCUT2D eigenvalue weighted by atomic mass is 28.4. The second-order valence-corrected chi connectivity index (χ2v) is 16.2. The minimum Gasteiger partial charge on any atom is -0.457 e. The first-order valence-electron chi connectivity index (χ1n) is 12.8. The summed E-state index contributed by atoms with van der Waals surface area (Å²) < 4.78 is 17.0. The van der Waals surface area contributed by atoms with E-state index in [9.17, 15) is 14.4 Å². The van der Waals surface area contributed by atoms with E-state index in [4.69, 9.17) is 13.9 Å². The number of hydrogen-bond acceptors (Lipinski definition) is 6. The van der Waals surface area contributed by atoms with Crippen LogP contribution < -0.4 is 0 Å². The van der Waals surface area contributed by atoms with Crippen LogP contribution in [0.3, 0.4) is 0 Å². The predicted octanol–water partition coefficient (Wildman–Crippen LogP) is 4.28. The summed E-state index contributed by atoms with van der Waals surface area (Å²) in [5, 5.41) is 0.0154. The van der Waals surface area contributed by atoms with Gasteiger partial charge in [0, 0.05) is 19.0 Å². The van der Waals surface area contributed by atoms with Crippen LogP contribution in [0.4, 0.5) is 4.79 Å². The number of β-lactam (4-membered cyclic amide) rings is 1. The fraction of sp³-hybridized carbons (Fsp3) is 0.630. The highest BCUT2D eigenvalue weighted by molar-refractivity contribution is 6.74. The van der Waals surface area contributed by atoms with Crippen molar-refractivity contribution in [3.8, 4) is 0 Å². The second-order valence-electron chi connectivity index (χ2n) is 11.4. The molecule has 2 saturated heterocycles. The lowest BCUT2D eigenvalue weighted by Crippen LogP contribution is -2.65. The van der Waals surface area contributed by atoms with Crippen molar-refractivity contribution in [3.05, 3.63) is 36.6 Å². The molecule has 0 radical (unpaired) electrons. The lowest BCUT2D eigenvalue weighted by atomic mass is 9.74. The maximum Gasteiger partial charge on any atom is 0.435 e. The van der Waals surface area contributed by atoms with Crippen molar-refractivity contribution >= 4 is 32.1 Å². The Morgan fingerprint density at radius 1 is 1.19 bits per heavy atom. The van der Waals surface area contributed by atoms with E-state index in [0.717, 1.165) is 5.57 Å². The number of nitrogens with zero attached hydrogens (tertiary/aromatic N) is 3. The molecule has 2 amide bonds. The molecule has 0 saturated carbocycles. The number of carbonyl (C=O) groups is 3. The van der Waals surface area contributed by atoms with Gasteiger partial charge in [-0.05, 0) is 44.0 Å². The third-order valence-electron chi connectivity index (χ3n) is 8.02. The van der Waals surface area contributed by atoms with Gasteiger partial charge in [-0.25, -0.2) is 9.59 Å². The predicted molar refractivity (Wildman–Crippen MR) is 144 cm³/mol. The summed E-state index contributed by atoms with van der Waals surface area (Å²) in [5.74, 6) is -0.460. The highest BCUT2D eigenvalue weighted by Gasteiger charge is 2.62. The van der Waals surface area contributed by atoms with Crippen LogP contribution in [0.25, 0.3) is 0 Å². The largest absolute Gasteiger partial charge is 0.457 e. The van der Waals surface area contributed by atoms with Crippen LogP contribution in [0.1, 0.15) is 41.0 Å². The van der Waals surface area contributed by atoms with Crippen molar-refractivity contribution in [3.63, 3.8) is 0 Å². The normalized spacial score (nSPS) is 24.7. The lowest BCUT2D eigenvalue weighted by molar-refractivity contribution is -0.163. The van der Waals surface area contributed by atoms with Gasteiger partial charge in [-0.3, -0.25) is 4.79 Å². The van der Waals surface area contributed by atoms with Crippen molar-refractivity contribution < 1.29 is 28.3 Å². The van der Waals surface area contributed by atoms with E-state index in [-0.39, 0.29) is 48.1 Å². The number of aliphatic imine (C=N–C) groups is 1. The quantitative estimate of drug-likeness (QED) is 0.115. The van der Waals surface area contributed by atoms with Crippen molar-refractivity contribution in [2.45, 2.75) is 71.3 Å². The van der Waals surface area contributed by atoms with Gasteiger partial charge >= 0.3 is 12.1 Å². The Labute approximate surface area is 221 Å². The molecule has 37 heavy (non-hydrogen) atoms. The molecule has 0 aromatic carbocycles. The minimum absolute atomic E-state index is 0.0104. The highest BCUT2D eigenvalue weighted by Crippen LogP contribution is 2.51. The number of amidine groups is 1. The molecule has 3 heterocycles. The Bertz CT molecular complexity index is 1030. The van der Waals surface area contributed by atoms with Gasteiger partial charge in [0.2, 0.25) is 5.91 Å². The summed E-state index contributed by atoms with van der Waals surface area (Å²) in [5.41, 5.74) is 1.15. The molecule has 0 N–H and O–H groups in total. The summed E-state index contributed by atoms with van der Waals surface area (Å²) in [6.45, 7) is 22.9. The Balaban J connectivity index is 1.88. The molecule has 10 heteroatoms. The summed E-state index contributed by atoms with van der Waals surface area (Å²) in [6, 6.07) is -0.148. The Kier molecular flexibility index (Phi) is 8.53. The van der Waals surface area contributed by atoms with Crippen LogP contribution in [0.15, 0.2) is 41.6 Å². The number of fused-ring (bicyclic) bond motifs is 3. The maximum atomic E-state index is 13.5. The van der Waals surface area contributed by atoms with Gasteiger partial charge in [-0.2, -0.15) is 4.99 Å². The molecule has 3 rings (SSSR count). The van der Waals surface area contributed by atoms with Crippen LogP contribution in [0.5, 0.6) is 0 Å². The van der Waals surface area contributed by atoms with E-state index >= 15 is 0 Å². The lowest BCUT2D eigenvalue weighted by Gasteiger charge is -2.51. The number of amides is 2. The number of carbonyl (C=O) groups excluding carboxylic acids is 3. The molecule has 2 fully saturated rings. The van der Waals surface area contributed by atoms with E-state index in [1.54, 1.807) is 11.8 Å². The molecular weight excluding hydrogens is 490 g/mol. The zero-order chi connectivity index (χ0) is 27.7. The fourth-order valence-electron chi connectivity index (χ4n) is 5.14.